The molecule has 0 atom stereocenters. The van der Waals surface area contributed by atoms with Crippen LogP contribution in [0.15, 0.2) is 48.7 Å². The molecular formula is C19H21FN2O. The molecule has 4 heteroatoms. The normalized spacial score (nSPS) is 11.3. The molecule has 0 aliphatic rings. The second-order valence-corrected chi connectivity index (χ2v) is 5.92. The van der Waals surface area contributed by atoms with E-state index in [9.17, 15) is 4.39 Å². The van der Waals surface area contributed by atoms with E-state index in [1.54, 1.807) is 12.1 Å². The van der Waals surface area contributed by atoms with E-state index in [1.165, 1.54) is 12.1 Å². The van der Waals surface area contributed by atoms with Gasteiger partial charge in [0.15, 0.2) is 0 Å². The number of rotatable bonds is 5. The van der Waals surface area contributed by atoms with Crippen LogP contribution in [0.3, 0.4) is 0 Å². The molecule has 3 nitrogen and oxygen atoms in total. The number of nitrogens with two attached hydrogens (primary N) is 1. The Balaban J connectivity index is 1.99. The zero-order chi connectivity index (χ0) is 16.4. The number of nitrogens with zero attached hydrogens (tertiary/aromatic N) is 1. The van der Waals surface area contributed by atoms with E-state index in [4.69, 9.17) is 10.5 Å². The maximum absolute atomic E-state index is 13.3. The first-order valence-electron chi connectivity index (χ1n) is 7.80. The monoisotopic (exact) mass is 312 g/mol. The molecule has 0 radical (unpaired) electrons. The summed E-state index contributed by atoms with van der Waals surface area (Å²) in [6.45, 7) is 5.15. The second-order valence-electron chi connectivity index (χ2n) is 5.92. The van der Waals surface area contributed by atoms with E-state index in [0.29, 0.717) is 24.9 Å². The molecule has 0 saturated heterocycles. The van der Waals surface area contributed by atoms with E-state index in [-0.39, 0.29) is 5.82 Å². The lowest BCUT2D eigenvalue weighted by atomic mass is 10.1. The van der Waals surface area contributed by atoms with Crippen LogP contribution in [-0.4, -0.2) is 4.57 Å². The van der Waals surface area contributed by atoms with Crippen LogP contribution in [0.1, 0.15) is 31.0 Å². The standard InChI is InChI=1S/C19H21FN2O/c1-13(2)22-11-15(12-23-17-7-4-6-16(20)9-17)19-14(10-21)5-3-8-18(19)22/h3-9,11,13H,10,12,21H2,1-2H3. The molecule has 1 heterocycles. The van der Waals surface area contributed by atoms with Crippen molar-refractivity contribution in [2.24, 2.45) is 5.73 Å². The number of aromatic nitrogens is 1. The van der Waals surface area contributed by atoms with Crippen molar-refractivity contribution in [2.75, 3.05) is 0 Å². The van der Waals surface area contributed by atoms with Gasteiger partial charge in [-0.1, -0.05) is 18.2 Å². The molecule has 0 aliphatic carbocycles. The Bertz CT molecular complexity index is 823. The number of hydrogen-bond acceptors (Lipinski definition) is 2. The van der Waals surface area contributed by atoms with Crippen LogP contribution in [0.4, 0.5) is 4.39 Å². The predicted molar refractivity (Wildman–Crippen MR) is 90.9 cm³/mol. The van der Waals surface area contributed by atoms with Gasteiger partial charge in [-0.15, -0.1) is 0 Å². The Labute approximate surface area is 135 Å². The fraction of sp³-hybridized carbons (Fsp3) is 0.263. The molecular weight excluding hydrogens is 291 g/mol. The Kier molecular flexibility index (Phi) is 4.35. The Morgan fingerprint density at radius 3 is 2.61 bits per heavy atom. The third-order valence-electron chi connectivity index (χ3n) is 3.99. The molecule has 3 aromatic rings. The molecule has 0 spiro atoms. The minimum absolute atomic E-state index is 0.297. The summed E-state index contributed by atoms with van der Waals surface area (Å²) in [6, 6.07) is 12.7. The van der Waals surface area contributed by atoms with Gasteiger partial charge in [0.1, 0.15) is 18.2 Å². The molecule has 2 aromatic carbocycles. The van der Waals surface area contributed by atoms with Crippen molar-refractivity contribution in [2.45, 2.75) is 33.0 Å². The molecule has 0 fully saturated rings. The van der Waals surface area contributed by atoms with Gasteiger partial charge in [0.25, 0.3) is 0 Å². The summed E-state index contributed by atoms with van der Waals surface area (Å²) in [5.74, 6) is 0.232. The van der Waals surface area contributed by atoms with E-state index >= 15 is 0 Å². The zero-order valence-corrected chi connectivity index (χ0v) is 13.4. The van der Waals surface area contributed by atoms with E-state index in [1.807, 2.05) is 12.1 Å². The van der Waals surface area contributed by atoms with E-state index in [0.717, 1.165) is 22.0 Å². The van der Waals surface area contributed by atoms with Crippen LogP contribution in [0.5, 0.6) is 5.75 Å². The first-order valence-corrected chi connectivity index (χ1v) is 7.80. The van der Waals surface area contributed by atoms with Crippen molar-refractivity contribution < 1.29 is 9.13 Å². The largest absolute Gasteiger partial charge is 0.489 e. The van der Waals surface area contributed by atoms with E-state index in [2.05, 4.69) is 30.7 Å². The lowest BCUT2D eigenvalue weighted by molar-refractivity contribution is 0.305. The van der Waals surface area contributed by atoms with Gasteiger partial charge in [0.05, 0.1) is 0 Å². The van der Waals surface area contributed by atoms with Gasteiger partial charge in [-0.3, -0.25) is 0 Å². The van der Waals surface area contributed by atoms with Crippen molar-refractivity contribution in [1.82, 2.24) is 4.57 Å². The van der Waals surface area contributed by atoms with Crippen molar-refractivity contribution in [3.8, 4) is 5.75 Å². The summed E-state index contributed by atoms with van der Waals surface area (Å²) in [4.78, 5) is 0. The number of fused-ring (bicyclic) bond motifs is 1. The van der Waals surface area contributed by atoms with Crippen molar-refractivity contribution in [1.29, 1.82) is 0 Å². The second kappa shape index (κ2) is 6.42. The van der Waals surface area contributed by atoms with Crippen LogP contribution in [0.2, 0.25) is 0 Å². The van der Waals surface area contributed by atoms with Gasteiger partial charge in [-0.25, -0.2) is 4.39 Å². The molecule has 0 aliphatic heterocycles. The highest BCUT2D eigenvalue weighted by molar-refractivity contribution is 5.87. The maximum Gasteiger partial charge on any atom is 0.126 e. The minimum atomic E-state index is -0.297. The smallest absolute Gasteiger partial charge is 0.126 e. The third-order valence-corrected chi connectivity index (χ3v) is 3.99. The highest BCUT2D eigenvalue weighted by Crippen LogP contribution is 2.29. The van der Waals surface area contributed by atoms with Crippen LogP contribution < -0.4 is 10.5 Å². The summed E-state index contributed by atoms with van der Waals surface area (Å²) < 4.78 is 21.3. The van der Waals surface area contributed by atoms with E-state index < -0.39 is 0 Å². The summed E-state index contributed by atoms with van der Waals surface area (Å²) in [5, 5.41) is 1.14. The van der Waals surface area contributed by atoms with Gasteiger partial charge in [-0.05, 0) is 37.6 Å². The summed E-state index contributed by atoms with van der Waals surface area (Å²) in [7, 11) is 0. The first kappa shape index (κ1) is 15.6. The molecule has 0 unspecified atom stereocenters. The summed E-state index contributed by atoms with van der Waals surface area (Å²) >= 11 is 0. The summed E-state index contributed by atoms with van der Waals surface area (Å²) in [6.07, 6.45) is 2.10. The Hall–Kier alpha value is -2.33. The Morgan fingerprint density at radius 2 is 1.91 bits per heavy atom. The van der Waals surface area contributed by atoms with Gasteiger partial charge in [-0.2, -0.15) is 0 Å². The first-order chi connectivity index (χ1) is 11.1. The number of benzene rings is 2. The van der Waals surface area contributed by atoms with Crippen molar-refractivity contribution >= 4 is 10.9 Å². The Morgan fingerprint density at radius 1 is 1.13 bits per heavy atom. The van der Waals surface area contributed by atoms with Crippen molar-refractivity contribution in [3.05, 3.63) is 65.6 Å². The quantitative estimate of drug-likeness (QED) is 0.758. The highest BCUT2D eigenvalue weighted by Gasteiger charge is 2.14. The van der Waals surface area contributed by atoms with Gasteiger partial charge < -0.3 is 15.0 Å². The zero-order valence-electron chi connectivity index (χ0n) is 13.4. The topological polar surface area (TPSA) is 40.2 Å². The fourth-order valence-electron chi connectivity index (χ4n) is 2.90. The van der Waals surface area contributed by atoms with Crippen LogP contribution in [0, 0.1) is 5.82 Å². The third kappa shape index (κ3) is 3.08. The van der Waals surface area contributed by atoms with Crippen LogP contribution >= 0.6 is 0 Å². The average molecular weight is 312 g/mol. The molecule has 23 heavy (non-hydrogen) atoms. The molecule has 3 rings (SSSR count). The van der Waals surface area contributed by atoms with Gasteiger partial charge >= 0.3 is 0 Å². The molecule has 0 saturated carbocycles. The highest BCUT2D eigenvalue weighted by atomic mass is 19.1. The molecule has 2 N–H and O–H groups in total. The number of halogens is 1. The lowest BCUT2D eigenvalue weighted by Gasteiger charge is -2.09. The van der Waals surface area contributed by atoms with Crippen LogP contribution in [-0.2, 0) is 13.2 Å². The summed E-state index contributed by atoms with van der Waals surface area (Å²) in [5.41, 5.74) is 9.22. The molecule has 0 amide bonds. The number of hydrogen-bond donors (Lipinski definition) is 1. The lowest BCUT2D eigenvalue weighted by Crippen LogP contribution is -2.00. The molecule has 0 bridgehead atoms. The average Bonchev–Trinajstić information content (AvgIpc) is 2.92. The minimum Gasteiger partial charge on any atom is -0.489 e. The SMILES string of the molecule is CC(C)n1cc(COc2cccc(F)c2)c2c(CN)cccc21. The molecule has 1 aromatic heterocycles. The number of ether oxygens (including phenoxy) is 1. The van der Waals surface area contributed by atoms with Crippen LogP contribution in [0.25, 0.3) is 10.9 Å². The van der Waals surface area contributed by atoms with Crippen molar-refractivity contribution in [3.63, 3.8) is 0 Å². The fourth-order valence-corrected chi connectivity index (χ4v) is 2.90. The predicted octanol–water partition coefficient (Wildman–Crippen LogP) is 4.40. The maximum atomic E-state index is 13.3. The van der Waals surface area contributed by atoms with Gasteiger partial charge in [0.2, 0.25) is 0 Å². The molecule has 120 valence electrons. The van der Waals surface area contributed by atoms with Gasteiger partial charge in [0, 0.05) is 41.3 Å².